The van der Waals surface area contributed by atoms with Crippen LogP contribution in [-0.4, -0.2) is 46.8 Å². The number of nitrogens with two attached hydrogens (primary N) is 1. The van der Waals surface area contributed by atoms with Crippen molar-refractivity contribution >= 4 is 17.5 Å². The fraction of sp³-hybridized carbons (Fsp3) is 0.429. The molecule has 0 unspecified atom stereocenters. The van der Waals surface area contributed by atoms with Gasteiger partial charge in [-0.2, -0.15) is 26.3 Å². The predicted octanol–water partition coefficient (Wildman–Crippen LogP) is 3.68. The summed E-state index contributed by atoms with van der Waals surface area (Å²) in [5.74, 6) is -5.20. The van der Waals surface area contributed by atoms with E-state index in [1.54, 1.807) is 0 Å². The number of amides is 2. The summed E-state index contributed by atoms with van der Waals surface area (Å²) in [5.41, 5.74) is 0.602. The Kier molecular flexibility index (Phi) is 6.72. The third-order valence-corrected chi connectivity index (χ3v) is 5.97. The van der Waals surface area contributed by atoms with Crippen LogP contribution in [-0.2, 0) is 15.7 Å². The number of halogens is 6. The molecule has 0 spiro atoms. The lowest BCUT2D eigenvalue weighted by Gasteiger charge is -2.31. The molecular formula is C21H20F6N4O4. The van der Waals surface area contributed by atoms with Gasteiger partial charge in [0.1, 0.15) is 23.2 Å². The minimum Gasteiger partial charge on any atom is -0.496 e. The maximum atomic E-state index is 14.0. The molecule has 0 saturated carbocycles. The highest BCUT2D eigenvalue weighted by Crippen LogP contribution is 2.54. The monoisotopic (exact) mass is 506 g/mol. The standard InChI is InChI=1S/C21H20F6N4O4/c1-9-15(11-8-30-14(20(22,23)24)7-13(11)34-3)16(35-19(9,2)21(25,26)27)18(33)31-10-4-5-29-12(6-10)17(28)32/h4-9,15-16H,1-3H3,(H2,28,32)(H,29,31,33)/t9-,15-,16-,19-/m1/s1. The lowest BCUT2D eigenvalue weighted by atomic mass is 9.77. The zero-order valence-corrected chi connectivity index (χ0v) is 18.5. The number of ether oxygens (including phenoxy) is 2. The van der Waals surface area contributed by atoms with E-state index in [4.69, 9.17) is 15.2 Å². The molecule has 1 aliphatic rings. The Morgan fingerprint density at radius 2 is 1.83 bits per heavy atom. The Bertz CT molecular complexity index is 1140. The summed E-state index contributed by atoms with van der Waals surface area (Å²) < 4.78 is 91.5. The molecule has 2 amide bonds. The van der Waals surface area contributed by atoms with Crippen LogP contribution < -0.4 is 15.8 Å². The zero-order valence-electron chi connectivity index (χ0n) is 18.5. The summed E-state index contributed by atoms with van der Waals surface area (Å²) >= 11 is 0. The fourth-order valence-electron chi connectivity index (χ4n) is 3.91. The van der Waals surface area contributed by atoms with Crippen LogP contribution in [0.5, 0.6) is 5.75 Å². The van der Waals surface area contributed by atoms with Crippen LogP contribution in [0.1, 0.15) is 41.5 Å². The predicted molar refractivity (Wildman–Crippen MR) is 108 cm³/mol. The topological polar surface area (TPSA) is 116 Å². The molecule has 3 rings (SSSR count). The van der Waals surface area contributed by atoms with Gasteiger partial charge in [-0.3, -0.25) is 19.6 Å². The van der Waals surface area contributed by atoms with E-state index < -0.39 is 59.2 Å². The van der Waals surface area contributed by atoms with E-state index >= 15 is 0 Å². The summed E-state index contributed by atoms with van der Waals surface area (Å²) in [6.07, 6.45) is -9.70. The Hall–Kier alpha value is -3.42. The van der Waals surface area contributed by atoms with E-state index in [1.165, 1.54) is 13.0 Å². The van der Waals surface area contributed by atoms with Crippen molar-refractivity contribution < 1.29 is 45.4 Å². The van der Waals surface area contributed by atoms with Gasteiger partial charge >= 0.3 is 12.4 Å². The molecule has 1 saturated heterocycles. The molecular weight excluding hydrogens is 486 g/mol. The van der Waals surface area contributed by atoms with Crippen LogP contribution in [0.15, 0.2) is 30.6 Å². The van der Waals surface area contributed by atoms with Crippen LogP contribution in [0.3, 0.4) is 0 Å². The van der Waals surface area contributed by atoms with E-state index in [1.807, 2.05) is 0 Å². The number of nitrogens with zero attached hydrogens (tertiary/aromatic N) is 2. The number of aromatic nitrogens is 2. The quantitative estimate of drug-likeness (QED) is 0.598. The van der Waals surface area contributed by atoms with Crippen molar-refractivity contribution in [3.63, 3.8) is 0 Å². The van der Waals surface area contributed by atoms with Gasteiger partial charge < -0.3 is 20.5 Å². The number of carbonyl (C=O) groups excluding carboxylic acids is 2. The number of hydrogen-bond donors (Lipinski definition) is 2. The van der Waals surface area contributed by atoms with Gasteiger partial charge in [-0.1, -0.05) is 6.92 Å². The molecule has 0 aromatic carbocycles. The van der Waals surface area contributed by atoms with E-state index in [0.717, 1.165) is 32.5 Å². The van der Waals surface area contributed by atoms with E-state index in [2.05, 4.69) is 15.3 Å². The number of rotatable bonds is 5. The average molecular weight is 506 g/mol. The largest absolute Gasteiger partial charge is 0.496 e. The molecule has 3 heterocycles. The highest BCUT2D eigenvalue weighted by atomic mass is 19.4. The van der Waals surface area contributed by atoms with Gasteiger partial charge in [-0.25, -0.2) is 0 Å². The maximum Gasteiger partial charge on any atom is 0.433 e. The lowest BCUT2D eigenvalue weighted by Crippen LogP contribution is -2.47. The summed E-state index contributed by atoms with van der Waals surface area (Å²) in [6, 6.07) is 2.92. The van der Waals surface area contributed by atoms with Crippen LogP contribution in [0.4, 0.5) is 32.0 Å². The Balaban J connectivity index is 2.07. The number of alkyl halides is 6. The van der Waals surface area contributed by atoms with Crippen molar-refractivity contribution in [2.45, 2.75) is 43.8 Å². The second kappa shape index (κ2) is 8.98. The fourth-order valence-corrected chi connectivity index (χ4v) is 3.91. The SMILES string of the molecule is COc1cc(C(F)(F)F)ncc1[C@H]1[C@@H](C)[C@](C)(C(F)(F)F)O[C@H]1C(=O)Nc1ccnc(C(N)=O)c1. The van der Waals surface area contributed by atoms with Gasteiger partial charge in [-0.15, -0.1) is 0 Å². The lowest BCUT2D eigenvalue weighted by molar-refractivity contribution is -0.272. The molecule has 2 aromatic heterocycles. The van der Waals surface area contributed by atoms with Crippen molar-refractivity contribution in [1.29, 1.82) is 0 Å². The molecule has 0 bridgehead atoms. The Morgan fingerprint density at radius 1 is 1.17 bits per heavy atom. The number of methoxy groups -OCH3 is 1. The third-order valence-electron chi connectivity index (χ3n) is 5.97. The van der Waals surface area contributed by atoms with Gasteiger partial charge in [0.2, 0.25) is 0 Å². The van der Waals surface area contributed by atoms with Crippen LogP contribution in [0.2, 0.25) is 0 Å². The summed E-state index contributed by atoms with van der Waals surface area (Å²) in [7, 11) is 1.04. The van der Waals surface area contributed by atoms with E-state index in [0.29, 0.717) is 6.07 Å². The van der Waals surface area contributed by atoms with Gasteiger partial charge in [0.25, 0.3) is 11.8 Å². The van der Waals surface area contributed by atoms with Crippen molar-refractivity contribution in [3.05, 3.63) is 47.5 Å². The second-order valence-electron chi connectivity index (χ2n) is 8.05. The first-order valence-electron chi connectivity index (χ1n) is 10.0. The molecule has 35 heavy (non-hydrogen) atoms. The van der Waals surface area contributed by atoms with Crippen molar-refractivity contribution in [2.75, 3.05) is 12.4 Å². The maximum absolute atomic E-state index is 14.0. The molecule has 8 nitrogen and oxygen atoms in total. The first-order valence-corrected chi connectivity index (χ1v) is 10.0. The molecule has 2 aromatic rings. The van der Waals surface area contributed by atoms with Crippen molar-refractivity contribution in [2.24, 2.45) is 11.7 Å². The van der Waals surface area contributed by atoms with E-state index in [-0.39, 0.29) is 16.9 Å². The third kappa shape index (κ3) is 4.88. The van der Waals surface area contributed by atoms with Gasteiger partial charge in [0.15, 0.2) is 5.60 Å². The molecule has 0 aliphatic carbocycles. The highest BCUT2D eigenvalue weighted by molar-refractivity contribution is 5.97. The van der Waals surface area contributed by atoms with Crippen molar-refractivity contribution in [1.82, 2.24) is 9.97 Å². The summed E-state index contributed by atoms with van der Waals surface area (Å²) in [6.45, 7) is 1.92. The molecule has 3 N–H and O–H groups in total. The first-order chi connectivity index (χ1) is 16.1. The van der Waals surface area contributed by atoms with Crippen molar-refractivity contribution in [3.8, 4) is 5.75 Å². The molecule has 1 aliphatic heterocycles. The molecule has 0 radical (unpaired) electrons. The normalized spacial score (nSPS) is 24.8. The van der Waals surface area contributed by atoms with Gasteiger partial charge in [0.05, 0.1) is 7.11 Å². The smallest absolute Gasteiger partial charge is 0.433 e. The minimum atomic E-state index is -4.93. The summed E-state index contributed by atoms with van der Waals surface area (Å²) in [4.78, 5) is 31.4. The van der Waals surface area contributed by atoms with Gasteiger partial charge in [0, 0.05) is 41.5 Å². The zero-order chi connectivity index (χ0) is 26.3. The van der Waals surface area contributed by atoms with Gasteiger partial charge in [-0.05, 0) is 19.1 Å². The van der Waals surface area contributed by atoms with Crippen LogP contribution in [0.25, 0.3) is 0 Å². The Morgan fingerprint density at radius 3 is 2.37 bits per heavy atom. The number of carbonyl (C=O) groups is 2. The molecule has 4 atom stereocenters. The number of primary amides is 1. The molecule has 14 heteroatoms. The number of nitrogens with one attached hydrogen (secondary N) is 1. The minimum absolute atomic E-state index is 0.00748. The Labute approximate surface area is 194 Å². The number of hydrogen-bond acceptors (Lipinski definition) is 6. The second-order valence-corrected chi connectivity index (χ2v) is 8.05. The van der Waals surface area contributed by atoms with Crippen LogP contribution >= 0.6 is 0 Å². The number of pyridine rings is 2. The van der Waals surface area contributed by atoms with Crippen LogP contribution in [0, 0.1) is 5.92 Å². The first kappa shape index (κ1) is 26.2. The molecule has 190 valence electrons. The van der Waals surface area contributed by atoms with E-state index in [9.17, 15) is 35.9 Å². The summed E-state index contributed by atoms with van der Waals surface area (Å²) in [5, 5.41) is 2.34. The average Bonchev–Trinajstić information content (AvgIpc) is 3.04. The number of anilines is 1. The highest BCUT2D eigenvalue weighted by Gasteiger charge is 2.66. The molecule has 1 fully saturated rings.